The lowest BCUT2D eigenvalue weighted by Gasteiger charge is -2.36. The number of fused-ring (bicyclic) bond motifs is 1. The number of nitrogens with one attached hydrogen (secondary N) is 2. The zero-order valence-electron chi connectivity index (χ0n) is 21.8. The summed E-state index contributed by atoms with van der Waals surface area (Å²) in [5, 5.41) is 8.62. The van der Waals surface area contributed by atoms with E-state index in [9.17, 15) is 13.2 Å². The normalized spacial score (nSPS) is 14.4. The van der Waals surface area contributed by atoms with Crippen molar-refractivity contribution in [3.8, 4) is 17.0 Å². The van der Waals surface area contributed by atoms with Crippen molar-refractivity contribution in [1.29, 1.82) is 0 Å². The van der Waals surface area contributed by atoms with Crippen molar-refractivity contribution in [2.75, 3.05) is 69.0 Å². The Hall–Kier alpha value is -4.12. The number of alkyl halides is 3. The number of aromatic nitrogens is 3. The fraction of sp³-hybridized carbons (Fsp3) is 0.321. The molecule has 0 bridgehead atoms. The molecule has 0 atom stereocenters. The minimum Gasteiger partial charge on any atom is -0.497 e. The number of halogens is 3. The van der Waals surface area contributed by atoms with E-state index >= 15 is 0 Å². The van der Waals surface area contributed by atoms with Crippen LogP contribution in [-0.4, -0.2) is 73.3 Å². The maximum Gasteiger partial charge on any atom is 0.419 e. The summed E-state index contributed by atoms with van der Waals surface area (Å²) < 4.78 is 45.8. The lowest BCUT2D eigenvalue weighted by atomic mass is 10.0. The van der Waals surface area contributed by atoms with Gasteiger partial charge in [0.25, 0.3) is 0 Å². The monoisotopic (exact) mass is 537 g/mol. The molecular formula is C28H30F3N7O. The Morgan fingerprint density at radius 2 is 1.79 bits per heavy atom. The van der Waals surface area contributed by atoms with Gasteiger partial charge in [-0.1, -0.05) is 6.07 Å². The number of pyridine rings is 1. The highest BCUT2D eigenvalue weighted by atomic mass is 19.4. The molecule has 1 aliphatic heterocycles. The van der Waals surface area contributed by atoms with Gasteiger partial charge in [0.2, 0.25) is 5.95 Å². The molecule has 2 N–H and O–H groups in total. The molecule has 204 valence electrons. The Bertz CT molecular complexity index is 1440. The quantitative estimate of drug-likeness (QED) is 0.325. The molecule has 0 spiro atoms. The van der Waals surface area contributed by atoms with Gasteiger partial charge in [-0.2, -0.15) is 13.2 Å². The Kier molecular flexibility index (Phi) is 7.69. The molecule has 1 fully saturated rings. The number of benzene rings is 2. The van der Waals surface area contributed by atoms with Crippen molar-refractivity contribution in [2.24, 2.45) is 0 Å². The van der Waals surface area contributed by atoms with E-state index in [-0.39, 0.29) is 5.82 Å². The van der Waals surface area contributed by atoms with Crippen molar-refractivity contribution in [1.82, 2.24) is 19.9 Å². The molecular weight excluding hydrogens is 507 g/mol. The number of piperazine rings is 1. The van der Waals surface area contributed by atoms with E-state index in [1.165, 1.54) is 12.3 Å². The van der Waals surface area contributed by atoms with E-state index in [1.54, 1.807) is 25.3 Å². The molecule has 0 saturated carbocycles. The average Bonchev–Trinajstić information content (AvgIpc) is 2.96. The van der Waals surface area contributed by atoms with Crippen LogP contribution in [0.4, 0.5) is 30.6 Å². The van der Waals surface area contributed by atoms with Crippen molar-refractivity contribution < 1.29 is 17.9 Å². The number of hydrogen-bond donors (Lipinski definition) is 2. The molecule has 2 aromatic carbocycles. The molecule has 11 heteroatoms. The predicted molar refractivity (Wildman–Crippen MR) is 147 cm³/mol. The van der Waals surface area contributed by atoms with Crippen LogP contribution < -0.4 is 20.3 Å². The molecule has 1 aliphatic rings. The van der Waals surface area contributed by atoms with Gasteiger partial charge in [0.05, 0.1) is 18.4 Å². The summed E-state index contributed by atoms with van der Waals surface area (Å²) in [6, 6.07) is 14.4. The van der Waals surface area contributed by atoms with Crippen LogP contribution in [0.2, 0.25) is 0 Å². The summed E-state index contributed by atoms with van der Waals surface area (Å²) in [7, 11) is 3.43. The van der Waals surface area contributed by atoms with Gasteiger partial charge in [-0.3, -0.25) is 4.90 Å². The van der Waals surface area contributed by atoms with Crippen LogP contribution >= 0.6 is 0 Å². The zero-order valence-corrected chi connectivity index (χ0v) is 21.8. The maximum atomic E-state index is 13.4. The molecule has 1 saturated heterocycles. The first-order valence-electron chi connectivity index (χ1n) is 12.7. The van der Waals surface area contributed by atoms with E-state index in [2.05, 4.69) is 42.6 Å². The van der Waals surface area contributed by atoms with Gasteiger partial charge in [0.15, 0.2) is 0 Å². The van der Waals surface area contributed by atoms with Gasteiger partial charge in [-0.25, -0.2) is 15.0 Å². The van der Waals surface area contributed by atoms with E-state index in [0.29, 0.717) is 38.7 Å². The van der Waals surface area contributed by atoms with E-state index in [4.69, 9.17) is 4.74 Å². The van der Waals surface area contributed by atoms with Crippen molar-refractivity contribution in [3.05, 3.63) is 66.5 Å². The minimum absolute atomic E-state index is 0.00570. The second-order valence-electron chi connectivity index (χ2n) is 9.25. The fourth-order valence-electron chi connectivity index (χ4n) is 4.80. The molecule has 0 aliphatic carbocycles. The van der Waals surface area contributed by atoms with Crippen LogP contribution in [0.25, 0.3) is 22.0 Å². The third-order valence-corrected chi connectivity index (χ3v) is 6.84. The molecule has 0 amide bonds. The molecule has 4 aromatic rings. The molecule has 8 nitrogen and oxygen atoms in total. The van der Waals surface area contributed by atoms with Gasteiger partial charge in [-0.05, 0) is 47.9 Å². The summed E-state index contributed by atoms with van der Waals surface area (Å²) in [5.41, 5.74) is 2.03. The minimum atomic E-state index is -4.43. The first-order valence-corrected chi connectivity index (χ1v) is 12.7. The molecule has 3 heterocycles. The summed E-state index contributed by atoms with van der Waals surface area (Å²) in [4.78, 5) is 16.8. The Balaban J connectivity index is 1.28. The van der Waals surface area contributed by atoms with E-state index in [1.807, 2.05) is 24.3 Å². The Morgan fingerprint density at radius 1 is 0.974 bits per heavy atom. The Morgan fingerprint density at radius 3 is 2.54 bits per heavy atom. The van der Waals surface area contributed by atoms with Crippen molar-refractivity contribution in [2.45, 2.75) is 6.18 Å². The highest BCUT2D eigenvalue weighted by Crippen LogP contribution is 2.36. The predicted octanol–water partition coefficient (Wildman–Crippen LogP) is 5.00. The van der Waals surface area contributed by atoms with Gasteiger partial charge in [0, 0.05) is 75.3 Å². The van der Waals surface area contributed by atoms with Crippen LogP contribution in [0.5, 0.6) is 5.75 Å². The first kappa shape index (κ1) is 26.5. The lowest BCUT2D eigenvalue weighted by molar-refractivity contribution is -0.137. The number of anilines is 3. The molecule has 0 radical (unpaired) electrons. The summed E-state index contributed by atoms with van der Waals surface area (Å²) in [5.74, 6) is 1.32. The second-order valence-corrected chi connectivity index (χ2v) is 9.25. The number of hydrogen-bond acceptors (Lipinski definition) is 8. The maximum absolute atomic E-state index is 13.4. The average molecular weight is 538 g/mol. The third kappa shape index (κ3) is 5.98. The molecule has 39 heavy (non-hydrogen) atoms. The van der Waals surface area contributed by atoms with Gasteiger partial charge >= 0.3 is 6.18 Å². The van der Waals surface area contributed by atoms with Crippen LogP contribution in [0.3, 0.4) is 0 Å². The summed E-state index contributed by atoms with van der Waals surface area (Å²) in [6.45, 7) is 3.68. The standard InChI is InChI=1S/C28H30F3N7O/c1-32-27-35-9-7-24(36-27)20-16-19-5-6-21(39-2)18-22(19)25(17-20)33-10-11-37-12-14-38(15-13-37)26-23(28(29,30)31)4-3-8-34-26/h3-9,16-18,33H,10-15H2,1-2H3,(H,32,35,36). The highest BCUT2D eigenvalue weighted by molar-refractivity contribution is 5.98. The SMILES string of the molecule is CNc1nccc(-c2cc(NCCN3CCN(c4ncccc4C(F)(F)F)CC3)c3cc(OC)ccc3c2)n1. The second kappa shape index (κ2) is 11.3. The molecule has 0 unspecified atom stereocenters. The number of nitrogens with zero attached hydrogens (tertiary/aromatic N) is 5. The first-order chi connectivity index (χ1) is 18.9. The van der Waals surface area contributed by atoms with Crippen LogP contribution in [-0.2, 0) is 6.18 Å². The van der Waals surface area contributed by atoms with E-state index < -0.39 is 11.7 Å². The number of methoxy groups -OCH3 is 1. The number of rotatable bonds is 8. The number of ether oxygens (including phenoxy) is 1. The smallest absolute Gasteiger partial charge is 0.419 e. The van der Waals surface area contributed by atoms with Crippen LogP contribution in [0.1, 0.15) is 5.56 Å². The third-order valence-electron chi connectivity index (χ3n) is 6.84. The molecule has 5 rings (SSSR count). The van der Waals surface area contributed by atoms with Gasteiger partial charge in [-0.15, -0.1) is 0 Å². The topological polar surface area (TPSA) is 78.4 Å². The summed E-state index contributed by atoms with van der Waals surface area (Å²) in [6.07, 6.45) is -1.29. The highest BCUT2D eigenvalue weighted by Gasteiger charge is 2.36. The zero-order chi connectivity index (χ0) is 27.4. The van der Waals surface area contributed by atoms with Crippen LogP contribution in [0, 0.1) is 0 Å². The van der Waals surface area contributed by atoms with E-state index in [0.717, 1.165) is 46.1 Å². The van der Waals surface area contributed by atoms with Gasteiger partial charge in [0.1, 0.15) is 11.6 Å². The van der Waals surface area contributed by atoms with Crippen molar-refractivity contribution >= 4 is 28.2 Å². The Labute approximate surface area is 224 Å². The lowest BCUT2D eigenvalue weighted by Crippen LogP contribution is -2.48. The fourth-order valence-corrected chi connectivity index (χ4v) is 4.80. The molecule has 2 aromatic heterocycles. The largest absolute Gasteiger partial charge is 0.497 e. The summed E-state index contributed by atoms with van der Waals surface area (Å²) >= 11 is 0. The van der Waals surface area contributed by atoms with Crippen LogP contribution in [0.15, 0.2) is 60.9 Å². The van der Waals surface area contributed by atoms with Crippen molar-refractivity contribution in [3.63, 3.8) is 0 Å². The van der Waals surface area contributed by atoms with Gasteiger partial charge < -0.3 is 20.3 Å².